The monoisotopic (exact) mass is 484 g/mol. The van der Waals surface area contributed by atoms with E-state index in [-0.39, 0.29) is 12.6 Å². The van der Waals surface area contributed by atoms with Crippen LogP contribution in [0.15, 0.2) is 0 Å². The Morgan fingerprint density at radius 2 is 1.31 bits per heavy atom. The predicted octanol–water partition coefficient (Wildman–Crippen LogP) is 2.68. The molecule has 0 aromatic rings. The molecule has 1 atom stereocenters. The Morgan fingerprint density at radius 1 is 0.828 bits per heavy atom. The van der Waals surface area contributed by atoms with Crippen molar-refractivity contribution in [3.63, 3.8) is 0 Å². The summed E-state index contributed by atoms with van der Waals surface area (Å²) in [4.78, 5) is 0. The van der Waals surface area contributed by atoms with Crippen molar-refractivity contribution < 1.29 is 52.0 Å². The fraction of sp³-hybridized carbons (Fsp3) is 1.00. The Morgan fingerprint density at radius 3 is 1.76 bits per heavy atom. The maximum atomic E-state index is 14.2. The van der Waals surface area contributed by atoms with Crippen LogP contribution in [-0.2, 0) is 20.0 Å². The number of hydrogen-bond acceptors (Lipinski definition) is 5. The van der Waals surface area contributed by atoms with Crippen LogP contribution in [0.3, 0.4) is 0 Å². The predicted molar refractivity (Wildman–Crippen MR) is 86.2 cm³/mol. The van der Waals surface area contributed by atoms with Crippen LogP contribution in [0.25, 0.3) is 0 Å². The van der Waals surface area contributed by atoms with E-state index in [1.807, 2.05) is 0 Å². The quantitative estimate of drug-likeness (QED) is 0.491. The van der Waals surface area contributed by atoms with Crippen LogP contribution in [-0.4, -0.2) is 58.2 Å². The molecular formula is C13H20F8N2O4S2. The maximum absolute atomic E-state index is 14.2. The van der Waals surface area contributed by atoms with E-state index in [1.165, 1.54) is 0 Å². The molecule has 174 valence electrons. The van der Waals surface area contributed by atoms with Crippen molar-refractivity contribution in [1.29, 1.82) is 0 Å². The molecule has 0 aromatic heterocycles. The molecule has 2 N–H and O–H groups in total. The Hall–Kier alpha value is -0.740. The van der Waals surface area contributed by atoms with E-state index in [1.54, 1.807) is 0 Å². The number of sulfonamides is 2. The second kappa shape index (κ2) is 8.42. The molecule has 0 aromatic carbocycles. The van der Waals surface area contributed by atoms with Crippen LogP contribution in [0.5, 0.6) is 0 Å². The standard InChI is InChI=1S/C13H20F8N2O4S2/c1-10(14,11(15,16)12(17,18)13(19,20)21)29(26,27)23-28(24,25)8-7-22-9-5-3-2-4-6-9/h9,22-23H,2-8H2,1H3. The van der Waals surface area contributed by atoms with Gasteiger partial charge in [0.15, 0.2) is 0 Å². The molecule has 1 fully saturated rings. The number of rotatable bonds is 9. The summed E-state index contributed by atoms with van der Waals surface area (Å²) in [7, 11) is -11.6. The van der Waals surface area contributed by atoms with Crippen molar-refractivity contribution in [3.05, 3.63) is 0 Å². The molecule has 16 heteroatoms. The first-order valence-corrected chi connectivity index (χ1v) is 11.4. The second-order valence-electron chi connectivity index (χ2n) is 6.76. The van der Waals surface area contributed by atoms with Crippen molar-refractivity contribution in [2.24, 2.45) is 0 Å². The van der Waals surface area contributed by atoms with Gasteiger partial charge in [-0.1, -0.05) is 19.3 Å². The fourth-order valence-corrected chi connectivity index (χ4v) is 5.77. The van der Waals surface area contributed by atoms with E-state index in [4.69, 9.17) is 0 Å². The van der Waals surface area contributed by atoms with Gasteiger partial charge in [0, 0.05) is 12.6 Å². The zero-order valence-corrected chi connectivity index (χ0v) is 16.6. The molecule has 0 bridgehead atoms. The van der Waals surface area contributed by atoms with Crippen LogP contribution in [0.1, 0.15) is 39.0 Å². The maximum Gasteiger partial charge on any atom is 0.460 e. The molecule has 1 aliphatic carbocycles. The zero-order valence-electron chi connectivity index (χ0n) is 15.0. The van der Waals surface area contributed by atoms with Gasteiger partial charge in [0.2, 0.25) is 10.0 Å². The molecular weight excluding hydrogens is 464 g/mol. The van der Waals surface area contributed by atoms with Crippen LogP contribution in [0, 0.1) is 0 Å². The number of nitrogens with one attached hydrogen (secondary N) is 2. The minimum atomic E-state index is -7.09. The Labute approximate surface area is 162 Å². The van der Waals surface area contributed by atoms with Gasteiger partial charge in [-0.2, -0.15) is 30.7 Å². The van der Waals surface area contributed by atoms with E-state index in [9.17, 15) is 52.0 Å². The molecule has 6 nitrogen and oxygen atoms in total. The average Bonchev–Trinajstić information content (AvgIpc) is 2.53. The topological polar surface area (TPSA) is 92.3 Å². The lowest BCUT2D eigenvalue weighted by molar-refractivity contribution is -0.369. The van der Waals surface area contributed by atoms with Crippen LogP contribution < -0.4 is 9.44 Å². The number of hydrogen-bond donors (Lipinski definition) is 2. The number of alkyl halides is 8. The molecule has 0 saturated heterocycles. The van der Waals surface area contributed by atoms with Crippen LogP contribution >= 0.6 is 0 Å². The van der Waals surface area contributed by atoms with Gasteiger partial charge in [-0.15, -0.1) is 4.13 Å². The molecule has 0 spiro atoms. The first-order chi connectivity index (χ1) is 12.8. The summed E-state index contributed by atoms with van der Waals surface area (Å²) in [6, 6.07) is -0.0863. The van der Waals surface area contributed by atoms with E-state index in [0.717, 1.165) is 19.3 Å². The molecule has 0 radical (unpaired) electrons. The van der Waals surface area contributed by atoms with E-state index in [0.29, 0.717) is 17.0 Å². The lowest BCUT2D eigenvalue weighted by Crippen LogP contribution is -2.66. The first kappa shape index (κ1) is 26.3. The first-order valence-electron chi connectivity index (χ1n) is 8.29. The summed E-state index contributed by atoms with van der Waals surface area (Å²) in [5.41, 5.74) is 0. The third-order valence-electron chi connectivity index (χ3n) is 4.46. The van der Waals surface area contributed by atoms with E-state index in [2.05, 4.69) is 5.32 Å². The van der Waals surface area contributed by atoms with Crippen molar-refractivity contribution >= 4 is 20.0 Å². The molecule has 1 unspecified atom stereocenters. The summed E-state index contributed by atoms with van der Waals surface area (Å²) < 4.78 is 151. The Bertz CT molecular complexity index is 775. The van der Waals surface area contributed by atoms with Gasteiger partial charge in [0.25, 0.3) is 15.0 Å². The fourth-order valence-electron chi connectivity index (χ4n) is 2.62. The summed E-state index contributed by atoms with van der Waals surface area (Å²) in [6.45, 7) is -1.15. The summed E-state index contributed by atoms with van der Waals surface area (Å²) in [5.74, 6) is -15.0. The van der Waals surface area contributed by atoms with Gasteiger partial charge in [0.1, 0.15) is 0 Å². The van der Waals surface area contributed by atoms with Gasteiger partial charge < -0.3 is 5.32 Å². The normalized spacial score (nSPS) is 20.4. The third-order valence-corrected chi connectivity index (χ3v) is 8.36. The molecule has 1 saturated carbocycles. The van der Waals surface area contributed by atoms with Gasteiger partial charge in [-0.25, -0.2) is 21.2 Å². The van der Waals surface area contributed by atoms with Crippen LogP contribution in [0.4, 0.5) is 35.1 Å². The van der Waals surface area contributed by atoms with Crippen LogP contribution in [0.2, 0.25) is 0 Å². The SMILES string of the molecule is CC(F)(C(F)(F)C(F)(F)C(F)(F)F)S(=O)(=O)NS(=O)(=O)CCNC1CCCCC1. The Balaban J connectivity index is 2.95. The summed E-state index contributed by atoms with van der Waals surface area (Å²) >= 11 is 0. The van der Waals surface area contributed by atoms with Gasteiger partial charge in [0.05, 0.1) is 5.75 Å². The molecule has 0 aliphatic heterocycles. The molecule has 0 amide bonds. The second-order valence-corrected chi connectivity index (χ2v) is 10.8. The van der Waals surface area contributed by atoms with Gasteiger partial charge in [-0.05, 0) is 19.8 Å². The lowest BCUT2D eigenvalue weighted by Gasteiger charge is -2.35. The molecule has 1 rings (SSSR count). The average molecular weight is 484 g/mol. The molecule has 29 heavy (non-hydrogen) atoms. The van der Waals surface area contributed by atoms with Gasteiger partial charge >= 0.3 is 18.0 Å². The highest BCUT2D eigenvalue weighted by Gasteiger charge is 2.82. The Kier molecular flexibility index (Phi) is 7.63. The van der Waals surface area contributed by atoms with Gasteiger partial charge in [-0.3, -0.25) is 0 Å². The summed E-state index contributed by atoms with van der Waals surface area (Å²) in [5, 5.41) is -2.86. The highest BCUT2D eigenvalue weighted by molar-refractivity contribution is 8.05. The minimum absolute atomic E-state index is 0.0863. The van der Waals surface area contributed by atoms with Crippen molar-refractivity contribution in [2.75, 3.05) is 12.3 Å². The summed E-state index contributed by atoms with van der Waals surface area (Å²) in [6.07, 6.45) is -2.90. The van der Waals surface area contributed by atoms with E-state index < -0.39 is 55.7 Å². The highest BCUT2D eigenvalue weighted by Crippen LogP contribution is 2.53. The van der Waals surface area contributed by atoms with Crippen molar-refractivity contribution in [1.82, 2.24) is 9.44 Å². The smallest absolute Gasteiger partial charge is 0.313 e. The van der Waals surface area contributed by atoms with Crippen molar-refractivity contribution in [3.8, 4) is 0 Å². The highest BCUT2D eigenvalue weighted by atomic mass is 32.3. The molecule has 0 heterocycles. The van der Waals surface area contributed by atoms with Crippen molar-refractivity contribution in [2.45, 2.75) is 68.1 Å². The van der Waals surface area contributed by atoms with E-state index >= 15 is 0 Å². The largest absolute Gasteiger partial charge is 0.460 e. The lowest BCUT2D eigenvalue weighted by atomic mass is 9.96. The third kappa shape index (κ3) is 5.50. The molecule has 1 aliphatic rings. The number of halogens is 8. The zero-order chi connectivity index (χ0) is 22.9. The minimum Gasteiger partial charge on any atom is -0.313 e.